The highest BCUT2D eigenvalue weighted by Crippen LogP contribution is 2.18. The first-order valence-corrected chi connectivity index (χ1v) is 6.91. The molecule has 0 aliphatic carbocycles. The minimum atomic E-state index is 0.736. The molecule has 0 bridgehead atoms. The van der Waals surface area contributed by atoms with Crippen molar-refractivity contribution < 1.29 is 0 Å². The maximum Gasteiger partial charge on any atom is 0.137 e. The Morgan fingerprint density at radius 1 is 1.24 bits per heavy atom. The van der Waals surface area contributed by atoms with Crippen LogP contribution in [-0.2, 0) is 6.54 Å². The van der Waals surface area contributed by atoms with Gasteiger partial charge < -0.3 is 9.72 Å². The van der Waals surface area contributed by atoms with Crippen LogP contribution in [0.4, 0.5) is 5.69 Å². The van der Waals surface area contributed by atoms with Crippen molar-refractivity contribution in [1.29, 1.82) is 0 Å². The topological polar surface area (TPSA) is 58.0 Å². The van der Waals surface area contributed by atoms with Gasteiger partial charge in [-0.1, -0.05) is 6.07 Å². The SMILES string of the molecule is Cc1nc2ccccn2c1CNc1ccc2[nH]ncc2c1. The summed E-state index contributed by atoms with van der Waals surface area (Å²) in [5, 5.41) is 11.6. The number of pyridine rings is 1. The number of hydrogen-bond acceptors (Lipinski definition) is 3. The van der Waals surface area contributed by atoms with Crippen molar-refractivity contribution in [3.8, 4) is 0 Å². The van der Waals surface area contributed by atoms with Gasteiger partial charge in [0.2, 0.25) is 0 Å². The van der Waals surface area contributed by atoms with Gasteiger partial charge in [0, 0.05) is 17.3 Å². The van der Waals surface area contributed by atoms with E-state index in [1.165, 1.54) is 5.69 Å². The van der Waals surface area contributed by atoms with Gasteiger partial charge in [-0.25, -0.2) is 4.98 Å². The summed E-state index contributed by atoms with van der Waals surface area (Å²) < 4.78 is 2.12. The highest BCUT2D eigenvalue weighted by Gasteiger charge is 2.07. The standard InChI is InChI=1S/C16H15N5/c1-11-15(21-7-3-2-4-16(21)19-11)10-17-13-5-6-14-12(8-13)9-18-20-14/h2-9,17H,10H2,1H3,(H,18,20). The van der Waals surface area contributed by atoms with E-state index < -0.39 is 0 Å². The Morgan fingerprint density at radius 2 is 2.19 bits per heavy atom. The number of fused-ring (bicyclic) bond motifs is 2. The van der Waals surface area contributed by atoms with Gasteiger partial charge in [-0.15, -0.1) is 0 Å². The number of aromatic nitrogens is 4. The van der Waals surface area contributed by atoms with Gasteiger partial charge in [-0.05, 0) is 37.3 Å². The maximum atomic E-state index is 4.58. The number of rotatable bonds is 3. The van der Waals surface area contributed by atoms with E-state index in [9.17, 15) is 0 Å². The number of imidazole rings is 1. The van der Waals surface area contributed by atoms with Crippen LogP contribution in [0.2, 0.25) is 0 Å². The predicted octanol–water partition coefficient (Wildman–Crippen LogP) is 3.13. The average molecular weight is 277 g/mol. The minimum absolute atomic E-state index is 0.736. The Morgan fingerprint density at radius 3 is 3.14 bits per heavy atom. The van der Waals surface area contributed by atoms with Gasteiger partial charge in [-0.3, -0.25) is 5.10 Å². The lowest BCUT2D eigenvalue weighted by atomic mass is 10.2. The number of benzene rings is 1. The van der Waals surface area contributed by atoms with E-state index in [4.69, 9.17) is 0 Å². The maximum absolute atomic E-state index is 4.58. The van der Waals surface area contributed by atoms with Crippen LogP contribution in [0.25, 0.3) is 16.6 Å². The summed E-state index contributed by atoms with van der Waals surface area (Å²) in [4.78, 5) is 4.58. The van der Waals surface area contributed by atoms with E-state index in [-0.39, 0.29) is 0 Å². The van der Waals surface area contributed by atoms with Crippen LogP contribution < -0.4 is 5.32 Å². The molecule has 2 N–H and O–H groups in total. The number of nitrogens with one attached hydrogen (secondary N) is 2. The van der Waals surface area contributed by atoms with E-state index >= 15 is 0 Å². The number of H-pyrrole nitrogens is 1. The third-order valence-corrected chi connectivity index (χ3v) is 3.73. The molecule has 0 amide bonds. The third kappa shape index (κ3) is 2.03. The molecule has 0 aliphatic heterocycles. The second-order valence-electron chi connectivity index (χ2n) is 5.10. The molecule has 0 radical (unpaired) electrons. The first kappa shape index (κ1) is 12.0. The first-order valence-electron chi connectivity index (χ1n) is 6.91. The van der Waals surface area contributed by atoms with Crippen LogP contribution >= 0.6 is 0 Å². The van der Waals surface area contributed by atoms with E-state index in [1.54, 1.807) is 0 Å². The molecule has 5 nitrogen and oxygen atoms in total. The minimum Gasteiger partial charge on any atom is -0.379 e. The molecule has 21 heavy (non-hydrogen) atoms. The van der Waals surface area contributed by atoms with Gasteiger partial charge in [-0.2, -0.15) is 5.10 Å². The van der Waals surface area contributed by atoms with Crippen LogP contribution in [0.1, 0.15) is 11.4 Å². The molecule has 0 fully saturated rings. The molecule has 4 rings (SSSR count). The van der Waals surface area contributed by atoms with Gasteiger partial charge in [0.05, 0.1) is 29.6 Å². The van der Waals surface area contributed by atoms with Gasteiger partial charge in [0.25, 0.3) is 0 Å². The molecule has 5 heteroatoms. The number of hydrogen-bond donors (Lipinski definition) is 2. The van der Waals surface area contributed by atoms with Gasteiger partial charge >= 0.3 is 0 Å². The monoisotopic (exact) mass is 277 g/mol. The van der Waals surface area contributed by atoms with E-state index in [1.807, 2.05) is 43.6 Å². The van der Waals surface area contributed by atoms with Crippen molar-refractivity contribution in [3.05, 3.63) is 60.2 Å². The fourth-order valence-corrected chi connectivity index (χ4v) is 2.62. The Labute approximate surface area is 121 Å². The Bertz CT molecular complexity index is 919. The largest absolute Gasteiger partial charge is 0.379 e. The molecule has 0 aliphatic rings. The second kappa shape index (κ2) is 4.63. The number of nitrogens with zero attached hydrogens (tertiary/aromatic N) is 3. The number of aromatic amines is 1. The van der Waals surface area contributed by atoms with Crippen LogP contribution in [0.15, 0.2) is 48.8 Å². The van der Waals surface area contributed by atoms with Crippen LogP contribution in [-0.4, -0.2) is 19.6 Å². The summed E-state index contributed by atoms with van der Waals surface area (Å²) in [6.07, 6.45) is 3.88. The summed E-state index contributed by atoms with van der Waals surface area (Å²) in [6.45, 7) is 2.78. The van der Waals surface area contributed by atoms with Crippen molar-refractivity contribution in [2.45, 2.75) is 13.5 Å². The summed E-state index contributed by atoms with van der Waals surface area (Å²) >= 11 is 0. The molecule has 0 saturated heterocycles. The van der Waals surface area contributed by atoms with Crippen LogP contribution in [0.5, 0.6) is 0 Å². The fraction of sp³-hybridized carbons (Fsp3) is 0.125. The number of anilines is 1. The molecule has 104 valence electrons. The van der Waals surface area contributed by atoms with E-state index in [0.717, 1.165) is 34.5 Å². The summed E-state index contributed by atoms with van der Waals surface area (Å²) in [5.41, 5.74) is 5.34. The highest BCUT2D eigenvalue weighted by molar-refractivity contribution is 5.81. The fourth-order valence-electron chi connectivity index (χ4n) is 2.62. The highest BCUT2D eigenvalue weighted by atomic mass is 15.1. The molecule has 1 aromatic carbocycles. The van der Waals surface area contributed by atoms with Crippen LogP contribution in [0.3, 0.4) is 0 Å². The molecule has 3 heterocycles. The normalized spacial score (nSPS) is 11.3. The molecule has 4 aromatic rings. The lowest BCUT2D eigenvalue weighted by molar-refractivity contribution is 0.987. The van der Waals surface area contributed by atoms with E-state index in [2.05, 4.69) is 37.0 Å². The molecule has 0 atom stereocenters. The smallest absolute Gasteiger partial charge is 0.137 e. The first-order chi connectivity index (χ1) is 10.3. The van der Waals surface area contributed by atoms with E-state index in [0.29, 0.717) is 0 Å². The molecule has 3 aromatic heterocycles. The lowest BCUT2D eigenvalue weighted by Gasteiger charge is -2.07. The Balaban J connectivity index is 1.64. The molecule has 0 spiro atoms. The van der Waals surface area contributed by atoms with Crippen molar-refractivity contribution >= 4 is 22.2 Å². The van der Waals surface area contributed by atoms with Crippen molar-refractivity contribution in [2.75, 3.05) is 5.32 Å². The molecule has 0 unspecified atom stereocenters. The zero-order valence-electron chi connectivity index (χ0n) is 11.7. The Hall–Kier alpha value is -2.82. The van der Waals surface area contributed by atoms with Gasteiger partial charge in [0.1, 0.15) is 5.65 Å². The summed E-state index contributed by atoms with van der Waals surface area (Å²) in [7, 11) is 0. The zero-order valence-corrected chi connectivity index (χ0v) is 11.7. The summed E-state index contributed by atoms with van der Waals surface area (Å²) in [6, 6.07) is 12.2. The third-order valence-electron chi connectivity index (χ3n) is 3.73. The van der Waals surface area contributed by atoms with Crippen LogP contribution in [0, 0.1) is 6.92 Å². The molecule has 0 saturated carbocycles. The predicted molar refractivity (Wildman–Crippen MR) is 83.3 cm³/mol. The van der Waals surface area contributed by atoms with Gasteiger partial charge in [0.15, 0.2) is 0 Å². The lowest BCUT2D eigenvalue weighted by Crippen LogP contribution is -2.03. The second-order valence-corrected chi connectivity index (χ2v) is 5.10. The van der Waals surface area contributed by atoms with Crippen molar-refractivity contribution in [2.24, 2.45) is 0 Å². The quantitative estimate of drug-likeness (QED) is 0.605. The summed E-state index contributed by atoms with van der Waals surface area (Å²) in [5.74, 6) is 0. The molecular weight excluding hydrogens is 262 g/mol. The Kier molecular flexibility index (Phi) is 2.64. The van der Waals surface area contributed by atoms with Crippen molar-refractivity contribution in [1.82, 2.24) is 19.6 Å². The van der Waals surface area contributed by atoms with Crippen molar-refractivity contribution in [3.63, 3.8) is 0 Å². The zero-order chi connectivity index (χ0) is 14.2. The molecular formula is C16H15N5. The number of aryl methyl sites for hydroxylation is 1. The average Bonchev–Trinajstić information content (AvgIpc) is 3.08.